The van der Waals surface area contributed by atoms with Crippen LogP contribution in [0, 0.1) is 6.92 Å². The van der Waals surface area contributed by atoms with Crippen LogP contribution < -0.4 is 5.32 Å². The van der Waals surface area contributed by atoms with E-state index < -0.39 is 0 Å². The van der Waals surface area contributed by atoms with E-state index in [0.717, 1.165) is 17.4 Å². The van der Waals surface area contributed by atoms with Gasteiger partial charge in [0.25, 0.3) is 0 Å². The Kier molecular flexibility index (Phi) is 3.33. The molecule has 0 radical (unpaired) electrons. The molecule has 0 spiro atoms. The first-order valence-electron chi connectivity index (χ1n) is 4.81. The van der Waals surface area contributed by atoms with Gasteiger partial charge in [-0.2, -0.15) is 0 Å². The number of nitrogens with one attached hydrogen (secondary N) is 1. The Bertz CT molecular complexity index is 408. The molecule has 0 aromatic carbocycles. The van der Waals surface area contributed by atoms with Crippen molar-refractivity contribution in [1.29, 1.82) is 0 Å². The lowest BCUT2D eigenvalue weighted by molar-refractivity contribution is 0.794. The van der Waals surface area contributed by atoms with Crippen LogP contribution in [-0.4, -0.2) is 16.5 Å². The molecule has 0 aliphatic rings. The van der Waals surface area contributed by atoms with E-state index >= 15 is 0 Å². The fraction of sp³-hybridized carbons (Fsp3) is 0.400. The molecule has 1 atom stereocenters. The highest BCUT2D eigenvalue weighted by Crippen LogP contribution is 2.20. The summed E-state index contributed by atoms with van der Waals surface area (Å²) in [5.41, 5.74) is 1.07. The predicted molar refractivity (Wildman–Crippen MR) is 65.9 cm³/mol. The molecule has 0 fully saturated rings. The van der Waals surface area contributed by atoms with Gasteiger partial charge in [0, 0.05) is 29.4 Å². The van der Waals surface area contributed by atoms with Crippen molar-refractivity contribution in [1.82, 2.24) is 9.97 Å². The van der Waals surface area contributed by atoms with Gasteiger partial charge in [0.05, 0.1) is 10.7 Å². The highest BCUT2D eigenvalue weighted by molar-refractivity contribution is 7.13. The van der Waals surface area contributed by atoms with Gasteiger partial charge in [0.15, 0.2) is 5.13 Å². The summed E-state index contributed by atoms with van der Waals surface area (Å²) < 4.78 is 0. The van der Waals surface area contributed by atoms with Crippen molar-refractivity contribution in [2.24, 2.45) is 0 Å². The quantitative estimate of drug-likeness (QED) is 0.890. The molecule has 80 valence electrons. The highest BCUT2D eigenvalue weighted by atomic mass is 32.1. The van der Waals surface area contributed by atoms with Crippen molar-refractivity contribution in [3.63, 3.8) is 0 Å². The predicted octanol–water partition coefficient (Wildman–Crippen LogP) is 3.12. The summed E-state index contributed by atoms with van der Waals surface area (Å²) in [7, 11) is 0. The van der Waals surface area contributed by atoms with Crippen LogP contribution in [0.2, 0.25) is 0 Å². The smallest absolute Gasteiger partial charge is 0.182 e. The lowest BCUT2D eigenvalue weighted by atomic mass is 10.2. The summed E-state index contributed by atoms with van der Waals surface area (Å²) in [4.78, 5) is 8.65. The number of aryl methyl sites for hydroxylation is 1. The molecular weight excluding hydrogens is 226 g/mol. The van der Waals surface area contributed by atoms with E-state index in [4.69, 9.17) is 0 Å². The van der Waals surface area contributed by atoms with E-state index in [2.05, 4.69) is 27.6 Å². The van der Waals surface area contributed by atoms with Crippen molar-refractivity contribution in [2.75, 3.05) is 11.9 Å². The van der Waals surface area contributed by atoms with E-state index in [-0.39, 0.29) is 0 Å². The van der Waals surface area contributed by atoms with Crippen LogP contribution in [0.25, 0.3) is 0 Å². The molecule has 0 amide bonds. The molecule has 2 rings (SSSR count). The van der Waals surface area contributed by atoms with Crippen LogP contribution in [0.1, 0.15) is 23.5 Å². The Balaban J connectivity index is 1.88. The molecule has 0 bridgehead atoms. The van der Waals surface area contributed by atoms with Crippen molar-refractivity contribution < 1.29 is 0 Å². The molecule has 15 heavy (non-hydrogen) atoms. The minimum absolute atomic E-state index is 0.439. The van der Waals surface area contributed by atoms with Gasteiger partial charge < -0.3 is 5.32 Å². The zero-order chi connectivity index (χ0) is 10.7. The van der Waals surface area contributed by atoms with E-state index in [1.54, 1.807) is 22.7 Å². The maximum absolute atomic E-state index is 4.35. The van der Waals surface area contributed by atoms with Crippen LogP contribution in [0.4, 0.5) is 5.13 Å². The lowest BCUT2D eigenvalue weighted by Crippen LogP contribution is -2.09. The average molecular weight is 239 g/mol. The van der Waals surface area contributed by atoms with Crippen molar-refractivity contribution in [3.05, 3.63) is 27.7 Å². The molecule has 0 saturated heterocycles. The van der Waals surface area contributed by atoms with E-state index in [1.165, 1.54) is 5.01 Å². The van der Waals surface area contributed by atoms with Crippen LogP contribution >= 0.6 is 22.7 Å². The molecule has 2 aromatic rings. The first-order valence-corrected chi connectivity index (χ1v) is 6.57. The molecule has 1 unspecified atom stereocenters. The maximum Gasteiger partial charge on any atom is 0.182 e. The lowest BCUT2D eigenvalue weighted by Gasteiger charge is -2.08. The third-order valence-electron chi connectivity index (χ3n) is 2.05. The number of aromatic nitrogens is 2. The van der Waals surface area contributed by atoms with Crippen LogP contribution in [-0.2, 0) is 0 Å². The minimum Gasteiger partial charge on any atom is -0.361 e. The van der Waals surface area contributed by atoms with Gasteiger partial charge in [-0.1, -0.05) is 6.92 Å². The molecule has 3 nitrogen and oxygen atoms in total. The largest absolute Gasteiger partial charge is 0.361 e. The van der Waals surface area contributed by atoms with Gasteiger partial charge in [0.2, 0.25) is 0 Å². The molecule has 1 N–H and O–H groups in total. The molecule has 0 aliphatic carbocycles. The first kappa shape index (κ1) is 10.6. The average Bonchev–Trinajstić information content (AvgIpc) is 2.84. The fourth-order valence-corrected chi connectivity index (χ4v) is 2.64. The summed E-state index contributed by atoms with van der Waals surface area (Å²) in [6.45, 7) is 5.07. The molecule has 0 aliphatic heterocycles. The summed E-state index contributed by atoms with van der Waals surface area (Å²) in [5, 5.41) is 9.57. The number of hydrogen-bond donors (Lipinski definition) is 1. The maximum atomic E-state index is 4.35. The number of rotatable bonds is 4. The molecule has 0 saturated carbocycles. The number of nitrogens with zero attached hydrogens (tertiary/aromatic N) is 2. The minimum atomic E-state index is 0.439. The van der Waals surface area contributed by atoms with E-state index in [9.17, 15) is 0 Å². The number of anilines is 1. The first-order chi connectivity index (χ1) is 7.25. The zero-order valence-corrected chi connectivity index (χ0v) is 10.4. The monoisotopic (exact) mass is 239 g/mol. The van der Waals surface area contributed by atoms with Crippen LogP contribution in [0.3, 0.4) is 0 Å². The second kappa shape index (κ2) is 4.72. The third-order valence-corrected chi connectivity index (χ3v) is 3.98. The van der Waals surface area contributed by atoms with Gasteiger partial charge in [0.1, 0.15) is 0 Å². The second-order valence-electron chi connectivity index (χ2n) is 3.45. The van der Waals surface area contributed by atoms with Crippen molar-refractivity contribution in [3.8, 4) is 0 Å². The Morgan fingerprint density at radius 1 is 1.47 bits per heavy atom. The van der Waals surface area contributed by atoms with Gasteiger partial charge >= 0.3 is 0 Å². The Hall–Kier alpha value is -0.940. The van der Waals surface area contributed by atoms with E-state index in [1.807, 2.05) is 18.5 Å². The summed E-state index contributed by atoms with van der Waals surface area (Å²) in [6.07, 6.45) is 1.85. The highest BCUT2D eigenvalue weighted by Gasteiger charge is 2.08. The summed E-state index contributed by atoms with van der Waals surface area (Å²) >= 11 is 3.35. The number of hydrogen-bond acceptors (Lipinski definition) is 5. The second-order valence-corrected chi connectivity index (χ2v) is 5.23. The van der Waals surface area contributed by atoms with Crippen LogP contribution in [0.15, 0.2) is 17.0 Å². The Morgan fingerprint density at radius 2 is 2.33 bits per heavy atom. The third kappa shape index (κ3) is 2.76. The summed E-state index contributed by atoms with van der Waals surface area (Å²) in [5.74, 6) is 0.439. The Morgan fingerprint density at radius 3 is 2.93 bits per heavy atom. The van der Waals surface area contributed by atoms with Gasteiger partial charge in [-0.15, -0.1) is 22.7 Å². The van der Waals surface area contributed by atoms with E-state index in [0.29, 0.717) is 5.92 Å². The fourth-order valence-electron chi connectivity index (χ4n) is 1.24. The molecule has 5 heteroatoms. The van der Waals surface area contributed by atoms with Crippen molar-refractivity contribution >= 4 is 27.8 Å². The van der Waals surface area contributed by atoms with Gasteiger partial charge in [-0.05, 0) is 6.92 Å². The normalized spacial score (nSPS) is 12.7. The standard InChI is InChI=1S/C10H13N3S2/c1-7(9-11-3-4-14-9)5-12-10-13-8(2)6-15-10/h3-4,6-7H,5H2,1-2H3,(H,12,13). The Labute approximate surface area is 97.2 Å². The molecule has 2 aromatic heterocycles. The SMILES string of the molecule is Cc1csc(NCC(C)c2nccs2)n1. The summed E-state index contributed by atoms with van der Waals surface area (Å²) in [6, 6.07) is 0. The molecular formula is C10H13N3S2. The van der Waals surface area contributed by atoms with Crippen LogP contribution in [0.5, 0.6) is 0 Å². The van der Waals surface area contributed by atoms with Gasteiger partial charge in [-0.3, -0.25) is 0 Å². The van der Waals surface area contributed by atoms with Crippen molar-refractivity contribution in [2.45, 2.75) is 19.8 Å². The van der Waals surface area contributed by atoms with Gasteiger partial charge in [-0.25, -0.2) is 9.97 Å². The molecule has 2 heterocycles. The topological polar surface area (TPSA) is 37.8 Å². The number of thiazole rings is 2. The zero-order valence-electron chi connectivity index (χ0n) is 8.73.